The van der Waals surface area contributed by atoms with Crippen LogP contribution in [-0.2, 0) is 6.54 Å². The molecule has 0 aromatic heterocycles. The van der Waals surface area contributed by atoms with E-state index in [1.807, 2.05) is 31.2 Å². The summed E-state index contributed by atoms with van der Waals surface area (Å²) in [7, 11) is 0. The summed E-state index contributed by atoms with van der Waals surface area (Å²) in [5.41, 5.74) is 15.1. The zero-order valence-electron chi connectivity index (χ0n) is 10.8. The first-order valence-corrected chi connectivity index (χ1v) is 6.05. The van der Waals surface area contributed by atoms with Crippen LogP contribution in [0.15, 0.2) is 42.5 Å². The summed E-state index contributed by atoms with van der Waals surface area (Å²) in [6.45, 7) is 2.66. The van der Waals surface area contributed by atoms with Crippen molar-refractivity contribution in [3.8, 4) is 0 Å². The molecule has 0 saturated heterocycles. The molecule has 2 rings (SSSR count). The van der Waals surface area contributed by atoms with Crippen molar-refractivity contribution in [3.05, 3.63) is 59.2 Å². The topological polar surface area (TPSA) is 81.1 Å². The fraction of sp³-hybridized carbons (Fsp3) is 0.133. The number of hydrogen-bond acceptors (Lipinski definition) is 3. The van der Waals surface area contributed by atoms with Crippen LogP contribution in [0.1, 0.15) is 21.5 Å². The van der Waals surface area contributed by atoms with E-state index in [-0.39, 0.29) is 0 Å². The van der Waals surface area contributed by atoms with Gasteiger partial charge in [-0.2, -0.15) is 0 Å². The largest absolute Gasteiger partial charge is 0.399 e. The summed E-state index contributed by atoms with van der Waals surface area (Å²) in [6.07, 6.45) is 0. The highest BCUT2D eigenvalue weighted by Crippen LogP contribution is 2.19. The van der Waals surface area contributed by atoms with E-state index in [1.165, 1.54) is 5.56 Å². The maximum Gasteiger partial charge on any atom is 0.250 e. The van der Waals surface area contributed by atoms with Gasteiger partial charge in [0.15, 0.2) is 0 Å². The Morgan fingerprint density at radius 1 is 1.16 bits per heavy atom. The van der Waals surface area contributed by atoms with Crippen molar-refractivity contribution in [1.82, 2.24) is 0 Å². The number of nitrogens with one attached hydrogen (secondary N) is 1. The first-order chi connectivity index (χ1) is 9.06. The number of nitrogens with two attached hydrogens (primary N) is 2. The number of nitrogen functional groups attached to an aromatic ring is 1. The van der Waals surface area contributed by atoms with Gasteiger partial charge >= 0.3 is 0 Å². The smallest absolute Gasteiger partial charge is 0.250 e. The Hall–Kier alpha value is -2.49. The van der Waals surface area contributed by atoms with Crippen molar-refractivity contribution >= 4 is 17.3 Å². The summed E-state index contributed by atoms with van der Waals surface area (Å²) in [4.78, 5) is 11.3. The Kier molecular flexibility index (Phi) is 3.71. The Morgan fingerprint density at radius 2 is 1.84 bits per heavy atom. The number of amides is 1. The predicted octanol–water partition coefficient (Wildman–Crippen LogP) is 2.29. The first kappa shape index (κ1) is 13.0. The Balaban J connectivity index is 2.16. The average Bonchev–Trinajstić information content (AvgIpc) is 2.38. The zero-order chi connectivity index (χ0) is 13.8. The minimum Gasteiger partial charge on any atom is -0.399 e. The molecule has 0 fully saturated rings. The van der Waals surface area contributed by atoms with Gasteiger partial charge in [0.05, 0.1) is 5.56 Å². The van der Waals surface area contributed by atoms with Crippen LogP contribution >= 0.6 is 0 Å². The molecule has 4 heteroatoms. The average molecular weight is 255 g/mol. The first-order valence-electron chi connectivity index (χ1n) is 6.05. The Labute approximate surface area is 112 Å². The number of anilines is 2. The van der Waals surface area contributed by atoms with Crippen molar-refractivity contribution in [3.63, 3.8) is 0 Å². The lowest BCUT2D eigenvalue weighted by molar-refractivity contribution is 0.100. The van der Waals surface area contributed by atoms with E-state index in [0.29, 0.717) is 23.5 Å². The summed E-state index contributed by atoms with van der Waals surface area (Å²) in [5.74, 6) is -0.466. The molecule has 0 aliphatic rings. The molecular formula is C15H17N3O. The molecule has 2 aromatic rings. The van der Waals surface area contributed by atoms with Crippen LogP contribution in [0.2, 0.25) is 0 Å². The Morgan fingerprint density at radius 3 is 2.47 bits per heavy atom. The summed E-state index contributed by atoms with van der Waals surface area (Å²) in [6, 6.07) is 13.2. The lowest BCUT2D eigenvalue weighted by Crippen LogP contribution is -2.14. The molecule has 0 radical (unpaired) electrons. The van der Waals surface area contributed by atoms with Gasteiger partial charge in [-0.05, 0) is 30.7 Å². The highest BCUT2D eigenvalue weighted by atomic mass is 16.1. The molecule has 0 aliphatic carbocycles. The lowest BCUT2D eigenvalue weighted by atomic mass is 10.1. The van der Waals surface area contributed by atoms with Crippen LogP contribution in [-0.4, -0.2) is 5.91 Å². The molecule has 0 heterocycles. The van der Waals surface area contributed by atoms with E-state index in [0.717, 1.165) is 5.56 Å². The molecule has 98 valence electrons. The minimum absolute atomic E-state index is 0.446. The van der Waals surface area contributed by atoms with Gasteiger partial charge in [0.25, 0.3) is 5.91 Å². The van der Waals surface area contributed by atoms with Crippen LogP contribution in [0, 0.1) is 6.92 Å². The summed E-state index contributed by atoms with van der Waals surface area (Å²) < 4.78 is 0. The normalized spacial score (nSPS) is 10.2. The minimum atomic E-state index is -0.466. The molecule has 0 aliphatic heterocycles. The van der Waals surface area contributed by atoms with Gasteiger partial charge in [0.2, 0.25) is 0 Å². The number of benzene rings is 2. The number of primary amides is 1. The second-order valence-electron chi connectivity index (χ2n) is 4.51. The van der Waals surface area contributed by atoms with E-state index in [9.17, 15) is 4.79 Å². The van der Waals surface area contributed by atoms with Crippen LogP contribution in [0.4, 0.5) is 11.4 Å². The molecule has 2 aromatic carbocycles. The third-order valence-corrected chi connectivity index (χ3v) is 2.91. The van der Waals surface area contributed by atoms with Gasteiger partial charge in [-0.3, -0.25) is 4.79 Å². The van der Waals surface area contributed by atoms with Crippen LogP contribution in [0.25, 0.3) is 0 Å². The molecule has 4 nitrogen and oxygen atoms in total. The van der Waals surface area contributed by atoms with Gasteiger partial charge in [-0.1, -0.05) is 29.8 Å². The van der Waals surface area contributed by atoms with Crippen molar-refractivity contribution in [1.29, 1.82) is 0 Å². The van der Waals surface area contributed by atoms with Crippen LogP contribution in [0.3, 0.4) is 0 Å². The number of rotatable bonds is 4. The maximum atomic E-state index is 11.3. The number of hydrogen-bond donors (Lipinski definition) is 3. The van der Waals surface area contributed by atoms with Gasteiger partial charge in [0, 0.05) is 17.9 Å². The summed E-state index contributed by atoms with van der Waals surface area (Å²) in [5, 5.41) is 3.19. The monoisotopic (exact) mass is 255 g/mol. The highest BCUT2D eigenvalue weighted by molar-refractivity contribution is 5.99. The van der Waals surface area contributed by atoms with Crippen molar-refractivity contribution in [2.24, 2.45) is 5.73 Å². The molecule has 5 N–H and O–H groups in total. The quantitative estimate of drug-likeness (QED) is 0.733. The standard InChI is InChI=1S/C15H17N3O/c1-10-2-4-11(5-3-10)9-18-14-8-12(16)6-7-13(14)15(17)19/h2-8,18H,9,16H2,1H3,(H2,17,19). The number of carbonyl (C=O) groups is 1. The second-order valence-corrected chi connectivity index (χ2v) is 4.51. The van der Waals surface area contributed by atoms with E-state index >= 15 is 0 Å². The molecule has 0 unspecified atom stereocenters. The number of carbonyl (C=O) groups excluding carboxylic acids is 1. The second kappa shape index (κ2) is 5.44. The lowest BCUT2D eigenvalue weighted by Gasteiger charge is -2.11. The van der Waals surface area contributed by atoms with Crippen molar-refractivity contribution < 1.29 is 4.79 Å². The molecule has 0 saturated carbocycles. The van der Waals surface area contributed by atoms with Crippen molar-refractivity contribution in [2.75, 3.05) is 11.1 Å². The molecular weight excluding hydrogens is 238 g/mol. The van der Waals surface area contributed by atoms with E-state index in [4.69, 9.17) is 11.5 Å². The van der Waals surface area contributed by atoms with E-state index < -0.39 is 5.91 Å². The van der Waals surface area contributed by atoms with E-state index in [1.54, 1.807) is 18.2 Å². The van der Waals surface area contributed by atoms with Gasteiger partial charge in [0.1, 0.15) is 0 Å². The molecule has 1 amide bonds. The third kappa shape index (κ3) is 3.25. The molecule has 0 atom stereocenters. The highest BCUT2D eigenvalue weighted by Gasteiger charge is 2.08. The molecule has 0 spiro atoms. The van der Waals surface area contributed by atoms with Gasteiger partial charge in [-0.25, -0.2) is 0 Å². The number of aryl methyl sites for hydroxylation is 1. The predicted molar refractivity (Wildman–Crippen MR) is 77.9 cm³/mol. The molecule has 19 heavy (non-hydrogen) atoms. The van der Waals surface area contributed by atoms with Crippen LogP contribution < -0.4 is 16.8 Å². The van der Waals surface area contributed by atoms with Gasteiger partial charge in [-0.15, -0.1) is 0 Å². The fourth-order valence-corrected chi connectivity index (χ4v) is 1.83. The molecule has 0 bridgehead atoms. The third-order valence-electron chi connectivity index (χ3n) is 2.91. The van der Waals surface area contributed by atoms with Gasteiger partial charge < -0.3 is 16.8 Å². The fourth-order valence-electron chi connectivity index (χ4n) is 1.83. The maximum absolute atomic E-state index is 11.3. The van der Waals surface area contributed by atoms with Crippen molar-refractivity contribution in [2.45, 2.75) is 13.5 Å². The SMILES string of the molecule is Cc1ccc(CNc2cc(N)ccc2C(N)=O)cc1. The summed E-state index contributed by atoms with van der Waals surface area (Å²) >= 11 is 0. The Bertz CT molecular complexity index is 591. The zero-order valence-corrected chi connectivity index (χ0v) is 10.8. The van der Waals surface area contributed by atoms with Crippen LogP contribution in [0.5, 0.6) is 0 Å². The van der Waals surface area contributed by atoms with E-state index in [2.05, 4.69) is 5.32 Å².